The number of halogens is 1. The van der Waals surface area contributed by atoms with E-state index in [1.165, 1.54) is 0 Å². The van der Waals surface area contributed by atoms with Crippen molar-refractivity contribution in [2.75, 3.05) is 25.5 Å². The van der Waals surface area contributed by atoms with Gasteiger partial charge in [0.05, 0.1) is 13.0 Å². The molecule has 1 atom stereocenters. The number of carbonyl (C=O) groups is 2. The van der Waals surface area contributed by atoms with E-state index in [9.17, 15) is 9.59 Å². The summed E-state index contributed by atoms with van der Waals surface area (Å²) in [5.41, 5.74) is 1.33. The van der Waals surface area contributed by atoms with Crippen LogP contribution >= 0.6 is 11.6 Å². The Morgan fingerprint density at radius 2 is 1.77 bits per heavy atom. The molecule has 0 unspecified atom stereocenters. The Labute approximate surface area is 180 Å². The maximum Gasteiger partial charge on any atom is 0.254 e. The van der Waals surface area contributed by atoms with E-state index in [0.29, 0.717) is 29.4 Å². The first-order valence-electron chi connectivity index (χ1n) is 9.98. The topological polar surface area (TPSA) is 58.6 Å². The zero-order valence-electron chi connectivity index (χ0n) is 16.7. The third kappa shape index (κ3) is 4.12. The highest BCUT2D eigenvalue weighted by Crippen LogP contribution is 2.30. The quantitative estimate of drug-likeness (QED) is 0.644. The Hall–Kier alpha value is -3.05. The van der Waals surface area contributed by atoms with Gasteiger partial charge in [-0.2, -0.15) is 0 Å². The van der Waals surface area contributed by atoms with Crippen LogP contribution in [0, 0.1) is 5.92 Å². The Kier molecular flexibility index (Phi) is 5.91. The van der Waals surface area contributed by atoms with Gasteiger partial charge in [-0.05, 0) is 54.6 Å². The number of amides is 2. The van der Waals surface area contributed by atoms with E-state index < -0.39 is 0 Å². The molecule has 1 saturated heterocycles. The van der Waals surface area contributed by atoms with Crippen molar-refractivity contribution in [3.05, 3.63) is 71.2 Å². The molecule has 3 aromatic carbocycles. The maximum absolute atomic E-state index is 13.3. The van der Waals surface area contributed by atoms with Crippen LogP contribution in [-0.2, 0) is 4.79 Å². The van der Waals surface area contributed by atoms with Crippen LogP contribution in [0.4, 0.5) is 5.69 Å². The molecule has 6 heteroatoms. The molecule has 0 spiro atoms. The van der Waals surface area contributed by atoms with Gasteiger partial charge in [-0.1, -0.05) is 35.9 Å². The Bertz CT molecular complexity index is 1080. The molecular weight excluding hydrogens is 400 g/mol. The van der Waals surface area contributed by atoms with Gasteiger partial charge in [0.2, 0.25) is 5.91 Å². The van der Waals surface area contributed by atoms with E-state index in [0.717, 1.165) is 29.4 Å². The average molecular weight is 423 g/mol. The molecule has 1 N–H and O–H groups in total. The molecule has 2 amide bonds. The monoisotopic (exact) mass is 422 g/mol. The van der Waals surface area contributed by atoms with Crippen molar-refractivity contribution in [1.82, 2.24) is 4.90 Å². The third-order valence-corrected chi connectivity index (χ3v) is 5.78. The van der Waals surface area contributed by atoms with Crippen molar-refractivity contribution in [2.24, 2.45) is 5.92 Å². The fourth-order valence-corrected chi connectivity index (χ4v) is 4.09. The average Bonchev–Trinajstić information content (AvgIpc) is 2.79. The van der Waals surface area contributed by atoms with Crippen LogP contribution in [0.15, 0.2) is 60.7 Å². The number of fused-ring (bicyclic) bond motifs is 1. The standard InChI is InChI=1S/C24H23ClN2O3/c1-30-22-13-12-21(19-6-2-3-7-20(19)22)24(29)27-14-4-5-16(15-27)23(28)26-18-10-8-17(25)9-11-18/h2-3,6-13,16H,4-5,14-15H2,1H3,(H,26,28)/t16-/m0/s1. The molecule has 0 radical (unpaired) electrons. The van der Waals surface area contributed by atoms with E-state index in [4.69, 9.17) is 16.3 Å². The molecule has 1 aliphatic rings. The van der Waals surface area contributed by atoms with E-state index in [-0.39, 0.29) is 17.7 Å². The molecule has 0 saturated carbocycles. The van der Waals surface area contributed by atoms with Crippen molar-refractivity contribution < 1.29 is 14.3 Å². The molecule has 0 aromatic heterocycles. The first-order chi connectivity index (χ1) is 14.6. The molecular formula is C24H23ClN2O3. The Morgan fingerprint density at radius 1 is 1.03 bits per heavy atom. The van der Waals surface area contributed by atoms with E-state index in [2.05, 4.69) is 5.32 Å². The van der Waals surface area contributed by atoms with Crippen LogP contribution in [0.5, 0.6) is 5.75 Å². The number of anilines is 1. The fourth-order valence-electron chi connectivity index (χ4n) is 3.96. The number of nitrogens with zero attached hydrogens (tertiary/aromatic N) is 1. The van der Waals surface area contributed by atoms with Gasteiger partial charge in [0.1, 0.15) is 5.75 Å². The van der Waals surface area contributed by atoms with Gasteiger partial charge in [0.25, 0.3) is 5.91 Å². The molecule has 0 aliphatic carbocycles. The highest BCUT2D eigenvalue weighted by atomic mass is 35.5. The van der Waals surface area contributed by atoms with Crippen molar-refractivity contribution in [3.8, 4) is 5.75 Å². The summed E-state index contributed by atoms with van der Waals surface area (Å²) in [4.78, 5) is 27.9. The minimum Gasteiger partial charge on any atom is -0.496 e. The molecule has 1 fully saturated rings. The van der Waals surface area contributed by atoms with Crippen LogP contribution in [-0.4, -0.2) is 36.9 Å². The Morgan fingerprint density at radius 3 is 2.50 bits per heavy atom. The van der Waals surface area contributed by atoms with Crippen LogP contribution in [0.1, 0.15) is 23.2 Å². The van der Waals surface area contributed by atoms with E-state index in [1.54, 1.807) is 42.3 Å². The molecule has 5 nitrogen and oxygen atoms in total. The summed E-state index contributed by atoms with van der Waals surface area (Å²) in [5, 5.41) is 5.31. The molecule has 1 aliphatic heterocycles. The second-order valence-corrected chi connectivity index (χ2v) is 7.88. The van der Waals surface area contributed by atoms with E-state index >= 15 is 0 Å². The highest BCUT2D eigenvalue weighted by molar-refractivity contribution is 6.30. The predicted molar refractivity (Wildman–Crippen MR) is 119 cm³/mol. The van der Waals surface area contributed by atoms with Gasteiger partial charge in [-0.3, -0.25) is 9.59 Å². The number of rotatable bonds is 4. The summed E-state index contributed by atoms with van der Waals surface area (Å²) in [7, 11) is 1.62. The number of hydrogen-bond acceptors (Lipinski definition) is 3. The molecule has 1 heterocycles. The molecule has 4 rings (SSSR count). The zero-order chi connectivity index (χ0) is 21.1. The minimum atomic E-state index is -0.247. The Balaban J connectivity index is 1.52. The first-order valence-corrected chi connectivity index (χ1v) is 10.4. The number of hydrogen-bond donors (Lipinski definition) is 1. The van der Waals surface area contributed by atoms with Crippen LogP contribution in [0.25, 0.3) is 10.8 Å². The second-order valence-electron chi connectivity index (χ2n) is 7.45. The lowest BCUT2D eigenvalue weighted by molar-refractivity contribution is -0.121. The van der Waals surface area contributed by atoms with Crippen LogP contribution < -0.4 is 10.1 Å². The van der Waals surface area contributed by atoms with Gasteiger partial charge in [0, 0.05) is 34.7 Å². The third-order valence-electron chi connectivity index (χ3n) is 5.53. The van der Waals surface area contributed by atoms with Crippen LogP contribution in [0.3, 0.4) is 0 Å². The number of likely N-dealkylation sites (tertiary alicyclic amines) is 1. The van der Waals surface area contributed by atoms with Gasteiger partial charge < -0.3 is 15.0 Å². The normalized spacial score (nSPS) is 16.3. The summed E-state index contributed by atoms with van der Waals surface area (Å²) in [6.07, 6.45) is 1.55. The molecule has 3 aromatic rings. The highest BCUT2D eigenvalue weighted by Gasteiger charge is 2.29. The van der Waals surface area contributed by atoms with Gasteiger partial charge in [-0.15, -0.1) is 0 Å². The number of piperidine rings is 1. The summed E-state index contributed by atoms with van der Waals surface area (Å²) in [6, 6.07) is 18.4. The van der Waals surface area contributed by atoms with Gasteiger partial charge in [0.15, 0.2) is 0 Å². The smallest absolute Gasteiger partial charge is 0.254 e. The summed E-state index contributed by atoms with van der Waals surface area (Å²) in [6.45, 7) is 1.04. The van der Waals surface area contributed by atoms with Crippen LogP contribution in [0.2, 0.25) is 5.02 Å². The molecule has 154 valence electrons. The maximum atomic E-state index is 13.3. The molecule has 30 heavy (non-hydrogen) atoms. The second kappa shape index (κ2) is 8.76. The summed E-state index contributed by atoms with van der Waals surface area (Å²) in [5.74, 6) is 0.358. The first kappa shape index (κ1) is 20.2. The number of benzene rings is 3. The summed E-state index contributed by atoms with van der Waals surface area (Å²) < 4.78 is 5.43. The number of ether oxygens (including phenoxy) is 1. The lowest BCUT2D eigenvalue weighted by Crippen LogP contribution is -2.43. The summed E-state index contributed by atoms with van der Waals surface area (Å²) >= 11 is 5.90. The van der Waals surface area contributed by atoms with Crippen molar-refractivity contribution >= 4 is 39.9 Å². The lowest BCUT2D eigenvalue weighted by atomic mass is 9.95. The van der Waals surface area contributed by atoms with Crippen molar-refractivity contribution in [1.29, 1.82) is 0 Å². The minimum absolute atomic E-state index is 0.0576. The number of carbonyl (C=O) groups excluding carboxylic acids is 2. The zero-order valence-corrected chi connectivity index (χ0v) is 17.5. The van der Waals surface area contributed by atoms with Crippen molar-refractivity contribution in [2.45, 2.75) is 12.8 Å². The number of methoxy groups -OCH3 is 1. The lowest BCUT2D eigenvalue weighted by Gasteiger charge is -2.32. The predicted octanol–water partition coefficient (Wildman–Crippen LogP) is 4.99. The number of nitrogens with one attached hydrogen (secondary N) is 1. The molecule has 0 bridgehead atoms. The largest absolute Gasteiger partial charge is 0.496 e. The van der Waals surface area contributed by atoms with Gasteiger partial charge in [-0.25, -0.2) is 0 Å². The van der Waals surface area contributed by atoms with Crippen molar-refractivity contribution in [3.63, 3.8) is 0 Å². The fraction of sp³-hybridized carbons (Fsp3) is 0.250. The van der Waals surface area contributed by atoms with Gasteiger partial charge >= 0.3 is 0 Å². The van der Waals surface area contributed by atoms with E-state index in [1.807, 2.05) is 30.3 Å². The SMILES string of the molecule is COc1ccc(C(=O)N2CCC[C@H](C(=O)Nc3ccc(Cl)cc3)C2)c2ccccc12.